The Morgan fingerprint density at radius 2 is 1.53 bits per heavy atom. The average Bonchev–Trinajstić information content (AvgIpc) is 2.68. The van der Waals surface area contributed by atoms with Gasteiger partial charge in [0, 0.05) is 56.9 Å². The van der Waals surface area contributed by atoms with Crippen LogP contribution in [0.3, 0.4) is 0 Å². The lowest BCUT2D eigenvalue weighted by Crippen LogP contribution is -2.55. The van der Waals surface area contributed by atoms with Gasteiger partial charge in [0.05, 0.1) is 6.54 Å². The van der Waals surface area contributed by atoms with Gasteiger partial charge in [-0.2, -0.15) is 0 Å². The fourth-order valence-electron chi connectivity index (χ4n) is 4.99. The van der Waals surface area contributed by atoms with Crippen LogP contribution in [0.5, 0.6) is 0 Å². The lowest BCUT2D eigenvalue weighted by Gasteiger charge is -2.43. The fraction of sp³-hybridized carbons (Fsp3) is 0.667. The van der Waals surface area contributed by atoms with Crippen molar-refractivity contribution in [2.45, 2.75) is 58.0 Å². The number of nitrogens with zero attached hydrogens (tertiary/aromatic N) is 3. The largest absolute Gasteiger partial charge is 0.349 e. The molecule has 1 N–H and O–H groups in total. The summed E-state index contributed by atoms with van der Waals surface area (Å²) in [5, 5.41) is 3.19. The van der Waals surface area contributed by atoms with Gasteiger partial charge in [-0.15, -0.1) is 0 Å². The number of hydrogen-bond acceptors (Lipinski definition) is 4. The van der Waals surface area contributed by atoms with Crippen LogP contribution in [0.15, 0.2) is 18.2 Å². The lowest BCUT2D eigenvalue weighted by molar-refractivity contribution is -0.135. The van der Waals surface area contributed by atoms with Gasteiger partial charge in [0.2, 0.25) is 5.91 Å². The van der Waals surface area contributed by atoms with E-state index in [1.807, 2.05) is 30.9 Å². The van der Waals surface area contributed by atoms with E-state index in [2.05, 4.69) is 21.2 Å². The Bertz CT molecular complexity index is 740. The highest BCUT2D eigenvalue weighted by atomic mass is 16.2. The molecule has 6 heteroatoms. The summed E-state index contributed by atoms with van der Waals surface area (Å²) >= 11 is 0. The van der Waals surface area contributed by atoms with Crippen LogP contribution in [0.2, 0.25) is 0 Å². The highest BCUT2D eigenvalue weighted by molar-refractivity contribution is 5.94. The van der Waals surface area contributed by atoms with Crippen molar-refractivity contribution in [1.82, 2.24) is 20.0 Å². The van der Waals surface area contributed by atoms with Crippen molar-refractivity contribution in [1.29, 1.82) is 0 Å². The third-order valence-electron chi connectivity index (χ3n) is 7.02. The molecule has 3 aliphatic rings. The molecule has 2 amide bonds. The van der Waals surface area contributed by atoms with Crippen LogP contribution < -0.4 is 5.32 Å². The lowest BCUT2D eigenvalue weighted by atomic mass is 9.91. The van der Waals surface area contributed by atoms with Gasteiger partial charge in [-0.25, -0.2) is 0 Å². The van der Waals surface area contributed by atoms with Gasteiger partial charge in [-0.05, 0) is 51.7 Å². The maximum atomic E-state index is 12.7. The summed E-state index contributed by atoms with van der Waals surface area (Å²) in [6, 6.07) is 6.94. The van der Waals surface area contributed by atoms with Crippen LogP contribution >= 0.6 is 0 Å². The Hall–Kier alpha value is -1.92. The predicted molar refractivity (Wildman–Crippen MR) is 119 cm³/mol. The highest BCUT2D eigenvalue weighted by Crippen LogP contribution is 2.25. The minimum atomic E-state index is 0.0145. The maximum absolute atomic E-state index is 12.7. The topological polar surface area (TPSA) is 55.9 Å². The molecule has 6 nitrogen and oxygen atoms in total. The monoisotopic (exact) mass is 412 g/mol. The molecule has 0 bridgehead atoms. The van der Waals surface area contributed by atoms with Crippen LogP contribution in [0.1, 0.15) is 53.6 Å². The van der Waals surface area contributed by atoms with E-state index in [0.29, 0.717) is 6.54 Å². The number of aryl methyl sites for hydroxylation is 2. The average molecular weight is 413 g/mol. The quantitative estimate of drug-likeness (QED) is 0.806. The van der Waals surface area contributed by atoms with E-state index < -0.39 is 0 Å². The predicted octanol–water partition coefficient (Wildman–Crippen LogP) is 2.19. The third kappa shape index (κ3) is 5.22. The molecular formula is C24H36N4O2. The molecule has 164 valence electrons. The van der Waals surface area contributed by atoms with Crippen molar-refractivity contribution in [2.24, 2.45) is 0 Å². The van der Waals surface area contributed by atoms with Crippen molar-refractivity contribution < 1.29 is 9.59 Å². The van der Waals surface area contributed by atoms with Gasteiger partial charge < -0.3 is 10.2 Å². The van der Waals surface area contributed by atoms with Gasteiger partial charge >= 0.3 is 0 Å². The summed E-state index contributed by atoms with van der Waals surface area (Å²) in [7, 11) is 0. The summed E-state index contributed by atoms with van der Waals surface area (Å²) in [5.74, 6) is 0.279. The highest BCUT2D eigenvalue weighted by Gasteiger charge is 2.30. The van der Waals surface area contributed by atoms with Gasteiger partial charge in [0.25, 0.3) is 5.91 Å². The second-order valence-electron chi connectivity index (χ2n) is 9.40. The van der Waals surface area contributed by atoms with Crippen LogP contribution in [0.4, 0.5) is 0 Å². The molecule has 0 atom stereocenters. The number of likely N-dealkylation sites (tertiary alicyclic amines) is 1. The summed E-state index contributed by atoms with van der Waals surface area (Å²) < 4.78 is 0. The first kappa shape index (κ1) is 21.3. The molecule has 3 fully saturated rings. The molecule has 2 heterocycles. The third-order valence-corrected chi connectivity index (χ3v) is 7.02. The molecule has 1 aromatic carbocycles. The van der Waals surface area contributed by atoms with Crippen LogP contribution in [-0.4, -0.2) is 84.4 Å². The maximum Gasteiger partial charge on any atom is 0.251 e. The first-order valence-electron chi connectivity index (χ1n) is 11.6. The van der Waals surface area contributed by atoms with E-state index in [-0.39, 0.29) is 17.9 Å². The zero-order chi connectivity index (χ0) is 21.1. The molecule has 1 aliphatic carbocycles. The normalized spacial score (nSPS) is 22.0. The fourth-order valence-corrected chi connectivity index (χ4v) is 4.99. The van der Waals surface area contributed by atoms with Gasteiger partial charge in [-0.3, -0.25) is 19.4 Å². The number of benzene rings is 1. The van der Waals surface area contributed by atoms with E-state index >= 15 is 0 Å². The molecule has 0 unspecified atom stereocenters. The molecule has 2 saturated heterocycles. The van der Waals surface area contributed by atoms with Crippen molar-refractivity contribution in [3.8, 4) is 0 Å². The summed E-state index contributed by atoms with van der Waals surface area (Å²) in [6.45, 7) is 10.1. The van der Waals surface area contributed by atoms with E-state index in [1.54, 1.807) is 0 Å². The molecule has 1 aromatic rings. The van der Waals surface area contributed by atoms with Crippen molar-refractivity contribution in [3.05, 3.63) is 34.9 Å². The summed E-state index contributed by atoms with van der Waals surface area (Å²) in [5.41, 5.74) is 2.97. The first-order valence-corrected chi connectivity index (χ1v) is 11.6. The minimum absolute atomic E-state index is 0.0145. The molecule has 2 aliphatic heterocycles. The number of rotatable bonds is 5. The second-order valence-corrected chi connectivity index (χ2v) is 9.40. The Labute approximate surface area is 180 Å². The molecule has 30 heavy (non-hydrogen) atoms. The number of amides is 2. The second kappa shape index (κ2) is 9.48. The van der Waals surface area contributed by atoms with E-state index in [0.717, 1.165) is 74.8 Å². The van der Waals surface area contributed by atoms with Crippen molar-refractivity contribution in [2.75, 3.05) is 45.8 Å². The van der Waals surface area contributed by atoms with Crippen LogP contribution in [0, 0.1) is 13.8 Å². The summed E-state index contributed by atoms with van der Waals surface area (Å²) in [6.07, 6.45) is 5.84. The van der Waals surface area contributed by atoms with Crippen molar-refractivity contribution in [3.63, 3.8) is 0 Å². The Morgan fingerprint density at radius 3 is 2.10 bits per heavy atom. The van der Waals surface area contributed by atoms with Crippen molar-refractivity contribution >= 4 is 11.8 Å². The van der Waals surface area contributed by atoms with Gasteiger partial charge in [0.15, 0.2) is 0 Å². The van der Waals surface area contributed by atoms with E-state index in [1.165, 1.54) is 19.3 Å². The van der Waals surface area contributed by atoms with E-state index in [4.69, 9.17) is 0 Å². The zero-order valence-electron chi connectivity index (χ0n) is 18.5. The molecule has 4 rings (SSSR count). The minimum Gasteiger partial charge on any atom is -0.349 e. The molecular weight excluding hydrogens is 376 g/mol. The number of piperazine rings is 1. The molecule has 0 aromatic heterocycles. The van der Waals surface area contributed by atoms with Gasteiger partial charge in [-0.1, -0.05) is 23.6 Å². The SMILES string of the molecule is Cc1cc(C)cc(C(=O)NC2CCN(CC(=O)N3CCN(C4CCC4)CC3)CC2)c1. The number of hydrogen-bond donors (Lipinski definition) is 1. The standard InChI is InChI=1S/C24H36N4O2/c1-18-14-19(2)16-20(15-18)24(30)25-21-6-8-26(9-7-21)17-23(29)28-12-10-27(11-13-28)22-4-3-5-22/h14-16,21-22H,3-13,17H2,1-2H3,(H,25,30). The molecule has 0 spiro atoms. The van der Waals surface area contributed by atoms with Gasteiger partial charge in [0.1, 0.15) is 0 Å². The first-order chi connectivity index (χ1) is 14.5. The zero-order valence-corrected chi connectivity index (χ0v) is 18.5. The Morgan fingerprint density at radius 1 is 0.900 bits per heavy atom. The molecule has 1 saturated carbocycles. The number of carbonyl (C=O) groups excluding carboxylic acids is 2. The summed E-state index contributed by atoms with van der Waals surface area (Å²) in [4.78, 5) is 32.2. The Balaban J connectivity index is 1.18. The Kier molecular flexibility index (Phi) is 6.74. The smallest absolute Gasteiger partial charge is 0.251 e. The van der Waals surface area contributed by atoms with Crippen LogP contribution in [-0.2, 0) is 4.79 Å². The number of piperidine rings is 1. The number of nitrogens with one attached hydrogen (secondary N) is 1. The van der Waals surface area contributed by atoms with Crippen LogP contribution in [0.25, 0.3) is 0 Å². The molecule has 0 radical (unpaired) electrons. The van der Waals surface area contributed by atoms with E-state index in [9.17, 15) is 9.59 Å². The number of carbonyl (C=O) groups is 2.